The summed E-state index contributed by atoms with van der Waals surface area (Å²) < 4.78 is 16.1. The van der Waals surface area contributed by atoms with Gasteiger partial charge in [-0.2, -0.15) is 0 Å². The quantitative estimate of drug-likeness (QED) is 0.632. The average molecular weight is 200 g/mol. The first-order valence-electron chi connectivity index (χ1n) is 5.24. The van der Waals surface area contributed by atoms with Crippen LogP contribution < -0.4 is 0 Å². The van der Waals surface area contributed by atoms with Gasteiger partial charge in [-0.25, -0.2) is 0 Å². The molecule has 0 N–H and O–H groups in total. The Morgan fingerprint density at radius 3 is 2.07 bits per heavy atom. The molecule has 2 aliphatic rings. The maximum absolute atomic E-state index is 10.4. The number of hydrogen-bond acceptors (Lipinski definition) is 4. The van der Waals surface area contributed by atoms with Gasteiger partial charge in [0.25, 0.3) is 6.47 Å². The molecule has 0 saturated carbocycles. The molecule has 2 unspecified atom stereocenters. The number of carbonyl (C=O) groups excluding carboxylic acids is 1. The lowest BCUT2D eigenvalue weighted by molar-refractivity contribution is -0.151. The molecular formula is C10H16O4. The minimum Gasteiger partial charge on any atom is -0.459 e. The zero-order valence-corrected chi connectivity index (χ0v) is 8.19. The number of carbonyl (C=O) groups is 1. The summed E-state index contributed by atoms with van der Waals surface area (Å²) in [4.78, 5) is 10.4. The molecule has 0 spiro atoms. The van der Waals surface area contributed by atoms with E-state index < -0.39 is 0 Å². The minimum absolute atomic E-state index is 0.0447. The van der Waals surface area contributed by atoms with Crippen LogP contribution in [0, 0.1) is 0 Å². The molecule has 2 aliphatic heterocycles. The summed E-state index contributed by atoms with van der Waals surface area (Å²) in [7, 11) is 0. The highest BCUT2D eigenvalue weighted by Gasteiger charge is 2.36. The molecule has 2 saturated heterocycles. The topological polar surface area (TPSA) is 44.8 Å². The van der Waals surface area contributed by atoms with Crippen molar-refractivity contribution in [3.8, 4) is 0 Å². The van der Waals surface area contributed by atoms with Gasteiger partial charge in [-0.3, -0.25) is 4.79 Å². The van der Waals surface area contributed by atoms with Crippen LogP contribution in [-0.2, 0) is 19.0 Å². The molecule has 14 heavy (non-hydrogen) atoms. The van der Waals surface area contributed by atoms with E-state index in [4.69, 9.17) is 14.2 Å². The van der Waals surface area contributed by atoms with Gasteiger partial charge in [0.15, 0.2) is 6.10 Å². The second-order valence-electron chi connectivity index (χ2n) is 3.80. The van der Waals surface area contributed by atoms with Crippen molar-refractivity contribution in [2.24, 2.45) is 0 Å². The van der Waals surface area contributed by atoms with Crippen LogP contribution in [0.1, 0.15) is 25.7 Å². The fraction of sp³-hybridized carbons (Fsp3) is 0.900. The Labute approximate surface area is 83.5 Å². The molecule has 4 nitrogen and oxygen atoms in total. The fourth-order valence-electron chi connectivity index (χ4n) is 2.20. The molecule has 4 heteroatoms. The van der Waals surface area contributed by atoms with Crippen molar-refractivity contribution in [3.63, 3.8) is 0 Å². The van der Waals surface area contributed by atoms with E-state index in [1.165, 1.54) is 0 Å². The molecule has 0 radical (unpaired) electrons. The van der Waals surface area contributed by atoms with E-state index >= 15 is 0 Å². The third-order valence-corrected chi connectivity index (χ3v) is 2.88. The zero-order valence-electron chi connectivity index (χ0n) is 8.19. The van der Waals surface area contributed by atoms with Crippen molar-refractivity contribution in [1.82, 2.24) is 0 Å². The largest absolute Gasteiger partial charge is 0.459 e. The highest BCUT2D eigenvalue weighted by Crippen LogP contribution is 2.26. The molecule has 2 rings (SSSR count). The molecule has 0 bridgehead atoms. The van der Waals surface area contributed by atoms with Gasteiger partial charge in [-0.15, -0.1) is 0 Å². The Balaban J connectivity index is 1.94. The predicted octanol–water partition coefficient (Wildman–Crippen LogP) is 0.886. The lowest BCUT2D eigenvalue weighted by Gasteiger charge is -2.25. The van der Waals surface area contributed by atoms with Crippen LogP contribution in [-0.4, -0.2) is 38.0 Å². The molecule has 0 aromatic carbocycles. The van der Waals surface area contributed by atoms with Gasteiger partial charge in [-0.1, -0.05) is 0 Å². The van der Waals surface area contributed by atoms with Gasteiger partial charge < -0.3 is 14.2 Å². The van der Waals surface area contributed by atoms with Crippen molar-refractivity contribution >= 4 is 6.47 Å². The van der Waals surface area contributed by atoms with Crippen LogP contribution in [0.3, 0.4) is 0 Å². The maximum atomic E-state index is 10.4. The van der Waals surface area contributed by atoms with E-state index in [1.54, 1.807) is 0 Å². The summed E-state index contributed by atoms with van der Waals surface area (Å²) >= 11 is 0. The van der Waals surface area contributed by atoms with E-state index in [1.807, 2.05) is 0 Å². The van der Waals surface area contributed by atoms with Crippen LogP contribution in [0.4, 0.5) is 0 Å². The first-order chi connectivity index (χ1) is 6.92. The van der Waals surface area contributed by atoms with Crippen LogP contribution in [0.2, 0.25) is 0 Å². The van der Waals surface area contributed by atoms with E-state index in [-0.39, 0.29) is 18.3 Å². The zero-order chi connectivity index (χ0) is 9.80. The highest BCUT2D eigenvalue weighted by atomic mass is 16.6. The van der Waals surface area contributed by atoms with Gasteiger partial charge in [0.2, 0.25) is 0 Å². The third kappa shape index (κ3) is 2.07. The SMILES string of the molecule is O=COC(C1CCCO1)C1CCCO1. The van der Waals surface area contributed by atoms with Crippen molar-refractivity contribution in [3.05, 3.63) is 0 Å². The Bertz CT molecular complexity index is 167. The van der Waals surface area contributed by atoms with Gasteiger partial charge in [0.05, 0.1) is 12.2 Å². The summed E-state index contributed by atoms with van der Waals surface area (Å²) in [6.07, 6.45) is 3.94. The molecule has 2 atom stereocenters. The molecule has 2 heterocycles. The molecular weight excluding hydrogens is 184 g/mol. The van der Waals surface area contributed by atoms with E-state index in [2.05, 4.69) is 0 Å². The highest BCUT2D eigenvalue weighted by molar-refractivity contribution is 5.37. The second-order valence-corrected chi connectivity index (χ2v) is 3.80. The van der Waals surface area contributed by atoms with Crippen molar-refractivity contribution in [2.75, 3.05) is 13.2 Å². The summed E-state index contributed by atoms with van der Waals surface area (Å²) in [5.41, 5.74) is 0. The maximum Gasteiger partial charge on any atom is 0.293 e. The van der Waals surface area contributed by atoms with Gasteiger partial charge in [0, 0.05) is 13.2 Å². The normalized spacial score (nSPS) is 34.3. The second kappa shape index (κ2) is 4.75. The van der Waals surface area contributed by atoms with Crippen molar-refractivity contribution in [2.45, 2.75) is 44.0 Å². The first-order valence-corrected chi connectivity index (χ1v) is 5.24. The predicted molar refractivity (Wildman–Crippen MR) is 48.9 cm³/mol. The standard InChI is InChI=1S/C10H16O4/c11-7-14-10(8-3-1-5-12-8)9-4-2-6-13-9/h7-10H,1-6H2. The molecule has 80 valence electrons. The summed E-state index contributed by atoms with van der Waals surface area (Å²) in [6, 6.07) is 0. The fourth-order valence-corrected chi connectivity index (χ4v) is 2.20. The van der Waals surface area contributed by atoms with E-state index in [0.29, 0.717) is 6.47 Å². The lowest BCUT2D eigenvalue weighted by Crippen LogP contribution is -2.38. The Morgan fingerprint density at radius 1 is 1.14 bits per heavy atom. The molecule has 0 amide bonds. The summed E-state index contributed by atoms with van der Waals surface area (Å²) in [5, 5.41) is 0. The molecule has 0 aromatic heterocycles. The first kappa shape index (κ1) is 9.93. The average Bonchev–Trinajstić information content (AvgIpc) is 2.87. The van der Waals surface area contributed by atoms with Crippen LogP contribution in [0.25, 0.3) is 0 Å². The minimum atomic E-state index is -0.197. The van der Waals surface area contributed by atoms with Crippen LogP contribution in [0.15, 0.2) is 0 Å². The lowest BCUT2D eigenvalue weighted by atomic mass is 10.0. The molecule has 0 aromatic rings. The van der Waals surface area contributed by atoms with E-state index in [0.717, 1.165) is 38.9 Å². The Morgan fingerprint density at radius 2 is 1.71 bits per heavy atom. The van der Waals surface area contributed by atoms with E-state index in [9.17, 15) is 4.79 Å². The summed E-state index contributed by atoms with van der Waals surface area (Å²) in [6.45, 7) is 2.06. The van der Waals surface area contributed by atoms with Gasteiger partial charge in [0.1, 0.15) is 0 Å². The smallest absolute Gasteiger partial charge is 0.293 e. The molecule has 0 aliphatic carbocycles. The van der Waals surface area contributed by atoms with Gasteiger partial charge in [-0.05, 0) is 25.7 Å². The van der Waals surface area contributed by atoms with Gasteiger partial charge >= 0.3 is 0 Å². The summed E-state index contributed by atoms with van der Waals surface area (Å²) in [5.74, 6) is 0. The van der Waals surface area contributed by atoms with Crippen molar-refractivity contribution < 1.29 is 19.0 Å². The van der Waals surface area contributed by atoms with Crippen LogP contribution in [0.5, 0.6) is 0 Å². The van der Waals surface area contributed by atoms with Crippen LogP contribution >= 0.6 is 0 Å². The Hall–Kier alpha value is -0.610. The number of hydrogen-bond donors (Lipinski definition) is 0. The third-order valence-electron chi connectivity index (χ3n) is 2.88. The molecule has 2 fully saturated rings. The number of rotatable bonds is 4. The Kier molecular flexibility index (Phi) is 3.37. The monoisotopic (exact) mass is 200 g/mol. The number of ether oxygens (including phenoxy) is 3. The van der Waals surface area contributed by atoms with Crippen molar-refractivity contribution in [1.29, 1.82) is 0 Å².